The minimum atomic E-state index is 0.0742. The highest BCUT2D eigenvalue weighted by molar-refractivity contribution is 5.91. The Morgan fingerprint density at radius 3 is 2.84 bits per heavy atom. The molecule has 0 atom stereocenters. The summed E-state index contributed by atoms with van der Waals surface area (Å²) in [5, 5.41) is 2.94. The number of para-hydroxylation sites is 1. The Labute approximate surface area is 115 Å². The molecule has 1 saturated carbocycles. The summed E-state index contributed by atoms with van der Waals surface area (Å²) in [5.74, 6) is 0.0742. The molecule has 1 aromatic carbocycles. The smallest absolute Gasteiger partial charge is 0.224 e. The van der Waals surface area contributed by atoms with E-state index in [1.807, 2.05) is 24.3 Å². The number of nitrogens with one attached hydrogen (secondary N) is 1. The van der Waals surface area contributed by atoms with Crippen LogP contribution < -0.4 is 11.1 Å². The molecular weight excluding hydrogens is 238 g/mol. The number of carbonyl (C=O) groups is 1. The molecule has 0 heterocycles. The monoisotopic (exact) mass is 261 g/mol. The van der Waals surface area contributed by atoms with Gasteiger partial charge in [-0.15, -0.1) is 0 Å². The van der Waals surface area contributed by atoms with Crippen molar-refractivity contribution in [2.75, 3.05) is 18.9 Å². The number of carbonyl (C=O) groups excluding carboxylic acids is 1. The normalized spacial score (nSPS) is 14.7. The summed E-state index contributed by atoms with van der Waals surface area (Å²) in [6, 6.07) is 8.45. The molecule has 1 amide bonds. The van der Waals surface area contributed by atoms with E-state index in [1.165, 1.54) is 12.8 Å². The maximum atomic E-state index is 11.9. The van der Waals surface area contributed by atoms with Crippen molar-refractivity contribution in [1.29, 1.82) is 0 Å². The second kappa shape index (κ2) is 6.68. The van der Waals surface area contributed by atoms with E-state index >= 15 is 0 Å². The van der Waals surface area contributed by atoms with Crippen LogP contribution >= 0.6 is 0 Å². The van der Waals surface area contributed by atoms with Gasteiger partial charge in [0.05, 0.1) is 0 Å². The standard InChI is InChI=1S/C15H23N3O/c1-18(13-8-9-13)10-4-7-15(19)17-14-6-3-2-5-12(14)11-16/h2-3,5-6,13H,4,7-11,16H2,1H3,(H,17,19). The van der Waals surface area contributed by atoms with Gasteiger partial charge in [0, 0.05) is 24.7 Å². The van der Waals surface area contributed by atoms with Gasteiger partial charge in [-0.3, -0.25) is 4.79 Å². The lowest BCUT2D eigenvalue weighted by molar-refractivity contribution is -0.116. The lowest BCUT2D eigenvalue weighted by Gasteiger charge is -2.15. The van der Waals surface area contributed by atoms with Crippen LogP contribution in [0.4, 0.5) is 5.69 Å². The van der Waals surface area contributed by atoms with Crippen molar-refractivity contribution in [3.63, 3.8) is 0 Å². The Morgan fingerprint density at radius 2 is 2.16 bits per heavy atom. The van der Waals surface area contributed by atoms with Crippen LogP contribution in [0.1, 0.15) is 31.2 Å². The number of benzene rings is 1. The molecule has 3 N–H and O–H groups in total. The third-order valence-electron chi connectivity index (χ3n) is 3.60. The number of amides is 1. The van der Waals surface area contributed by atoms with Gasteiger partial charge in [0.1, 0.15) is 0 Å². The minimum absolute atomic E-state index is 0.0742. The second-order valence-corrected chi connectivity index (χ2v) is 5.22. The van der Waals surface area contributed by atoms with Gasteiger partial charge in [-0.2, -0.15) is 0 Å². The number of nitrogens with two attached hydrogens (primary N) is 1. The highest BCUT2D eigenvalue weighted by Gasteiger charge is 2.25. The fourth-order valence-electron chi connectivity index (χ4n) is 2.22. The zero-order valence-electron chi connectivity index (χ0n) is 11.6. The Hall–Kier alpha value is -1.39. The molecule has 0 aliphatic heterocycles. The Morgan fingerprint density at radius 1 is 1.42 bits per heavy atom. The first kappa shape index (κ1) is 14.0. The van der Waals surface area contributed by atoms with Crippen LogP contribution in [-0.4, -0.2) is 30.4 Å². The van der Waals surface area contributed by atoms with Gasteiger partial charge in [0.15, 0.2) is 0 Å². The summed E-state index contributed by atoms with van der Waals surface area (Å²) in [6.07, 6.45) is 4.10. The van der Waals surface area contributed by atoms with E-state index in [0.29, 0.717) is 13.0 Å². The number of hydrogen-bond acceptors (Lipinski definition) is 3. The molecule has 4 heteroatoms. The Balaban J connectivity index is 1.74. The zero-order chi connectivity index (χ0) is 13.7. The maximum absolute atomic E-state index is 11.9. The predicted octanol–water partition coefficient (Wildman–Crippen LogP) is 1.96. The van der Waals surface area contributed by atoms with Crippen LogP contribution in [0.2, 0.25) is 0 Å². The molecule has 0 aromatic heterocycles. The van der Waals surface area contributed by atoms with Crippen molar-refractivity contribution in [3.05, 3.63) is 29.8 Å². The molecule has 0 saturated heterocycles. The summed E-state index contributed by atoms with van der Waals surface area (Å²) in [6.45, 7) is 1.44. The number of anilines is 1. The fourth-order valence-corrected chi connectivity index (χ4v) is 2.22. The molecule has 0 bridgehead atoms. The second-order valence-electron chi connectivity index (χ2n) is 5.22. The van der Waals surface area contributed by atoms with Crippen LogP contribution in [0, 0.1) is 0 Å². The van der Waals surface area contributed by atoms with Gasteiger partial charge in [0.2, 0.25) is 5.91 Å². The third kappa shape index (κ3) is 4.33. The molecule has 104 valence electrons. The first-order valence-corrected chi connectivity index (χ1v) is 6.98. The van der Waals surface area contributed by atoms with E-state index in [1.54, 1.807) is 0 Å². The van der Waals surface area contributed by atoms with Crippen molar-refractivity contribution in [1.82, 2.24) is 4.90 Å². The average molecular weight is 261 g/mol. The first-order chi connectivity index (χ1) is 9.20. The SMILES string of the molecule is CN(CCCC(=O)Nc1ccccc1CN)C1CC1. The summed E-state index contributed by atoms with van der Waals surface area (Å²) >= 11 is 0. The van der Waals surface area contributed by atoms with Crippen molar-refractivity contribution in [2.45, 2.75) is 38.3 Å². The van der Waals surface area contributed by atoms with Crippen LogP contribution in [0.15, 0.2) is 24.3 Å². The predicted molar refractivity (Wildman–Crippen MR) is 77.8 cm³/mol. The Bertz CT molecular complexity index is 429. The summed E-state index contributed by atoms with van der Waals surface area (Å²) in [7, 11) is 2.14. The molecule has 1 aromatic rings. The molecule has 19 heavy (non-hydrogen) atoms. The van der Waals surface area contributed by atoms with Gasteiger partial charge in [-0.1, -0.05) is 18.2 Å². The van der Waals surface area contributed by atoms with E-state index in [9.17, 15) is 4.79 Å². The molecule has 2 rings (SSSR count). The number of hydrogen-bond donors (Lipinski definition) is 2. The van der Waals surface area contributed by atoms with E-state index in [-0.39, 0.29) is 5.91 Å². The van der Waals surface area contributed by atoms with Gasteiger partial charge in [-0.25, -0.2) is 0 Å². The lowest BCUT2D eigenvalue weighted by Crippen LogP contribution is -2.23. The zero-order valence-corrected chi connectivity index (χ0v) is 11.6. The largest absolute Gasteiger partial charge is 0.326 e. The molecule has 1 aliphatic carbocycles. The van der Waals surface area contributed by atoms with E-state index in [2.05, 4.69) is 17.3 Å². The summed E-state index contributed by atoms with van der Waals surface area (Å²) in [5.41, 5.74) is 7.46. The van der Waals surface area contributed by atoms with Crippen molar-refractivity contribution in [3.8, 4) is 0 Å². The molecule has 1 aliphatic rings. The van der Waals surface area contributed by atoms with Crippen LogP contribution in [0.5, 0.6) is 0 Å². The molecule has 4 nitrogen and oxygen atoms in total. The van der Waals surface area contributed by atoms with E-state index < -0.39 is 0 Å². The fraction of sp³-hybridized carbons (Fsp3) is 0.533. The van der Waals surface area contributed by atoms with Crippen molar-refractivity contribution >= 4 is 11.6 Å². The molecule has 0 radical (unpaired) electrons. The van der Waals surface area contributed by atoms with Gasteiger partial charge >= 0.3 is 0 Å². The average Bonchev–Trinajstić information content (AvgIpc) is 3.23. The first-order valence-electron chi connectivity index (χ1n) is 6.98. The molecular formula is C15H23N3O. The summed E-state index contributed by atoms with van der Waals surface area (Å²) in [4.78, 5) is 14.2. The molecule has 1 fully saturated rings. The highest BCUT2D eigenvalue weighted by Crippen LogP contribution is 2.25. The maximum Gasteiger partial charge on any atom is 0.224 e. The van der Waals surface area contributed by atoms with E-state index in [4.69, 9.17) is 5.73 Å². The molecule has 0 spiro atoms. The summed E-state index contributed by atoms with van der Waals surface area (Å²) < 4.78 is 0. The van der Waals surface area contributed by atoms with Crippen molar-refractivity contribution in [2.24, 2.45) is 5.73 Å². The Kier molecular flexibility index (Phi) is 4.93. The van der Waals surface area contributed by atoms with Gasteiger partial charge < -0.3 is 16.0 Å². The van der Waals surface area contributed by atoms with Crippen LogP contribution in [-0.2, 0) is 11.3 Å². The van der Waals surface area contributed by atoms with Gasteiger partial charge in [0.25, 0.3) is 0 Å². The number of nitrogens with zero attached hydrogens (tertiary/aromatic N) is 1. The lowest BCUT2D eigenvalue weighted by atomic mass is 10.1. The topological polar surface area (TPSA) is 58.4 Å². The van der Waals surface area contributed by atoms with E-state index in [0.717, 1.165) is 30.3 Å². The van der Waals surface area contributed by atoms with Crippen molar-refractivity contribution < 1.29 is 4.79 Å². The third-order valence-corrected chi connectivity index (χ3v) is 3.60. The van der Waals surface area contributed by atoms with Gasteiger partial charge in [-0.05, 0) is 44.5 Å². The van der Waals surface area contributed by atoms with Crippen LogP contribution in [0.25, 0.3) is 0 Å². The molecule has 0 unspecified atom stereocenters. The quantitative estimate of drug-likeness (QED) is 0.789. The number of rotatable bonds is 7. The van der Waals surface area contributed by atoms with Crippen LogP contribution in [0.3, 0.4) is 0 Å². The minimum Gasteiger partial charge on any atom is -0.326 e. The highest BCUT2D eigenvalue weighted by atomic mass is 16.1.